The smallest absolute Gasteiger partial charge is 0.310 e. The Hall–Kier alpha value is -2.35. The topological polar surface area (TPSA) is 70.4 Å². The van der Waals surface area contributed by atoms with Crippen LogP contribution < -0.4 is 0 Å². The van der Waals surface area contributed by atoms with Gasteiger partial charge in [0, 0.05) is 18.7 Å². The number of rotatable bonds is 2. The van der Waals surface area contributed by atoms with Crippen molar-refractivity contribution in [2.45, 2.75) is 6.92 Å². The molecule has 1 fully saturated rings. The molecule has 1 amide bonds. The zero-order chi connectivity index (χ0) is 14.7. The van der Waals surface area contributed by atoms with Crippen LogP contribution in [-0.4, -0.2) is 37.0 Å². The average Bonchev–Trinajstić information content (AvgIpc) is 2.87. The number of methoxy groups -OCH3 is 1. The molecule has 0 spiro atoms. The zero-order valence-corrected chi connectivity index (χ0v) is 11.5. The second-order valence-electron chi connectivity index (χ2n) is 5.01. The number of hydrogen-bond donors (Lipinski definition) is 0. The number of carbonyl (C=O) groups is 2. The van der Waals surface area contributed by atoms with Gasteiger partial charge in [-0.05, 0) is 30.2 Å². The fourth-order valence-corrected chi connectivity index (χ4v) is 2.46. The number of nitrogens with zero attached hydrogens (tertiary/aromatic N) is 2. The van der Waals surface area contributed by atoms with E-state index in [0.29, 0.717) is 24.2 Å². The van der Waals surface area contributed by atoms with E-state index >= 15 is 0 Å². The van der Waals surface area contributed by atoms with Crippen molar-refractivity contribution in [1.29, 1.82) is 5.26 Å². The van der Waals surface area contributed by atoms with Crippen LogP contribution in [0.1, 0.15) is 22.8 Å². The number of likely N-dealkylation sites (tertiary alicyclic amines) is 1. The van der Waals surface area contributed by atoms with Gasteiger partial charge in [0.1, 0.15) is 0 Å². The monoisotopic (exact) mass is 272 g/mol. The molecule has 1 aromatic carbocycles. The molecule has 0 N–H and O–H groups in total. The molecule has 2 atom stereocenters. The van der Waals surface area contributed by atoms with Gasteiger partial charge in [-0.2, -0.15) is 5.26 Å². The number of esters is 1. The first-order valence-electron chi connectivity index (χ1n) is 6.44. The average molecular weight is 272 g/mol. The molecule has 2 rings (SSSR count). The maximum absolute atomic E-state index is 12.3. The summed E-state index contributed by atoms with van der Waals surface area (Å²) < 4.78 is 4.76. The van der Waals surface area contributed by atoms with E-state index in [-0.39, 0.29) is 23.7 Å². The Kier molecular flexibility index (Phi) is 4.04. The fraction of sp³-hybridized carbons (Fsp3) is 0.400. The van der Waals surface area contributed by atoms with Crippen LogP contribution in [0.4, 0.5) is 0 Å². The van der Waals surface area contributed by atoms with Crippen LogP contribution in [0, 0.1) is 23.2 Å². The first kappa shape index (κ1) is 14.1. The van der Waals surface area contributed by atoms with Crippen molar-refractivity contribution in [2.24, 2.45) is 11.8 Å². The van der Waals surface area contributed by atoms with Gasteiger partial charge in [-0.15, -0.1) is 0 Å². The van der Waals surface area contributed by atoms with Gasteiger partial charge in [0.15, 0.2) is 0 Å². The predicted molar refractivity (Wildman–Crippen MR) is 71.7 cm³/mol. The molecule has 0 radical (unpaired) electrons. The molecule has 0 bridgehead atoms. The lowest BCUT2D eigenvalue weighted by Gasteiger charge is -2.16. The van der Waals surface area contributed by atoms with Gasteiger partial charge in [-0.25, -0.2) is 0 Å². The fourth-order valence-electron chi connectivity index (χ4n) is 2.46. The van der Waals surface area contributed by atoms with Crippen molar-refractivity contribution in [2.75, 3.05) is 20.2 Å². The van der Waals surface area contributed by atoms with Crippen LogP contribution in [0.25, 0.3) is 0 Å². The summed E-state index contributed by atoms with van der Waals surface area (Å²) in [6, 6.07) is 8.52. The lowest BCUT2D eigenvalue weighted by Crippen LogP contribution is -2.30. The number of carbonyl (C=O) groups excluding carboxylic acids is 2. The van der Waals surface area contributed by atoms with E-state index in [1.165, 1.54) is 7.11 Å². The molecular formula is C15H16N2O3. The molecule has 1 aromatic rings. The third-order valence-corrected chi connectivity index (χ3v) is 3.66. The molecule has 0 aromatic heterocycles. The van der Waals surface area contributed by atoms with Gasteiger partial charge in [-0.3, -0.25) is 9.59 Å². The van der Waals surface area contributed by atoms with Crippen LogP contribution >= 0.6 is 0 Å². The van der Waals surface area contributed by atoms with E-state index in [9.17, 15) is 9.59 Å². The van der Waals surface area contributed by atoms with E-state index < -0.39 is 0 Å². The summed E-state index contributed by atoms with van der Waals surface area (Å²) in [5.41, 5.74) is 1.05. The molecule has 104 valence electrons. The summed E-state index contributed by atoms with van der Waals surface area (Å²) >= 11 is 0. The molecule has 0 saturated carbocycles. The van der Waals surface area contributed by atoms with Crippen LogP contribution in [0.15, 0.2) is 24.3 Å². The second-order valence-corrected chi connectivity index (χ2v) is 5.01. The molecule has 1 aliphatic rings. The van der Waals surface area contributed by atoms with Gasteiger partial charge in [0.2, 0.25) is 0 Å². The molecule has 5 heteroatoms. The van der Waals surface area contributed by atoms with Crippen molar-refractivity contribution in [1.82, 2.24) is 4.90 Å². The van der Waals surface area contributed by atoms with Crippen LogP contribution in [0.3, 0.4) is 0 Å². The van der Waals surface area contributed by atoms with Gasteiger partial charge < -0.3 is 9.64 Å². The van der Waals surface area contributed by atoms with Gasteiger partial charge >= 0.3 is 5.97 Å². The number of nitriles is 1. The second kappa shape index (κ2) is 5.74. The van der Waals surface area contributed by atoms with Crippen molar-refractivity contribution < 1.29 is 14.3 Å². The highest BCUT2D eigenvalue weighted by molar-refractivity contribution is 5.95. The number of benzene rings is 1. The van der Waals surface area contributed by atoms with Gasteiger partial charge in [0.05, 0.1) is 24.7 Å². The third-order valence-electron chi connectivity index (χ3n) is 3.66. The van der Waals surface area contributed by atoms with Crippen molar-refractivity contribution >= 4 is 11.9 Å². The molecule has 1 saturated heterocycles. The Balaban J connectivity index is 2.10. The highest BCUT2D eigenvalue weighted by Gasteiger charge is 2.37. The van der Waals surface area contributed by atoms with Crippen LogP contribution in [-0.2, 0) is 9.53 Å². The van der Waals surface area contributed by atoms with Gasteiger partial charge in [0.25, 0.3) is 5.91 Å². The Morgan fingerprint density at radius 3 is 2.50 bits per heavy atom. The molecular weight excluding hydrogens is 256 g/mol. The molecule has 1 heterocycles. The Morgan fingerprint density at radius 2 is 1.95 bits per heavy atom. The molecule has 1 aliphatic heterocycles. The first-order chi connectivity index (χ1) is 9.56. The largest absolute Gasteiger partial charge is 0.469 e. The summed E-state index contributed by atoms with van der Waals surface area (Å²) in [7, 11) is 1.36. The van der Waals surface area contributed by atoms with Crippen molar-refractivity contribution in [3.8, 4) is 6.07 Å². The summed E-state index contributed by atoms with van der Waals surface area (Å²) in [6.45, 7) is 2.86. The SMILES string of the molecule is COC(=O)C1CN(C(=O)c2ccc(C#N)cc2)CC1C. The van der Waals surface area contributed by atoms with Crippen molar-refractivity contribution in [3.63, 3.8) is 0 Å². The van der Waals surface area contributed by atoms with Crippen LogP contribution in [0.5, 0.6) is 0 Å². The number of hydrogen-bond acceptors (Lipinski definition) is 4. The molecule has 2 unspecified atom stereocenters. The summed E-state index contributed by atoms with van der Waals surface area (Å²) in [5, 5.41) is 8.74. The Labute approximate surface area is 117 Å². The third kappa shape index (κ3) is 2.64. The molecule has 5 nitrogen and oxygen atoms in total. The lowest BCUT2D eigenvalue weighted by atomic mass is 9.99. The number of ether oxygens (including phenoxy) is 1. The van der Waals surface area contributed by atoms with Crippen molar-refractivity contribution in [3.05, 3.63) is 35.4 Å². The Bertz CT molecular complexity index is 559. The highest BCUT2D eigenvalue weighted by Crippen LogP contribution is 2.25. The minimum Gasteiger partial charge on any atom is -0.469 e. The first-order valence-corrected chi connectivity index (χ1v) is 6.44. The standard InChI is InChI=1S/C15H16N2O3/c1-10-8-17(9-13(10)15(19)20-2)14(18)12-5-3-11(7-16)4-6-12/h3-6,10,13H,8-9H2,1-2H3. The summed E-state index contributed by atoms with van der Waals surface area (Å²) in [5.74, 6) is -0.563. The van der Waals surface area contributed by atoms with E-state index in [4.69, 9.17) is 10.00 Å². The summed E-state index contributed by atoms with van der Waals surface area (Å²) in [4.78, 5) is 25.6. The molecule has 0 aliphatic carbocycles. The van der Waals surface area contributed by atoms with E-state index in [2.05, 4.69) is 0 Å². The minimum absolute atomic E-state index is 0.0878. The lowest BCUT2D eigenvalue weighted by molar-refractivity contribution is -0.146. The zero-order valence-electron chi connectivity index (χ0n) is 11.5. The highest BCUT2D eigenvalue weighted by atomic mass is 16.5. The maximum Gasteiger partial charge on any atom is 0.310 e. The normalized spacial score (nSPS) is 21.4. The maximum atomic E-state index is 12.3. The van der Waals surface area contributed by atoms with E-state index in [1.807, 2.05) is 13.0 Å². The van der Waals surface area contributed by atoms with Gasteiger partial charge in [-0.1, -0.05) is 6.92 Å². The summed E-state index contributed by atoms with van der Waals surface area (Å²) in [6.07, 6.45) is 0. The Morgan fingerprint density at radius 1 is 1.30 bits per heavy atom. The quantitative estimate of drug-likeness (QED) is 0.764. The van der Waals surface area contributed by atoms with E-state index in [1.54, 1.807) is 29.2 Å². The molecule has 20 heavy (non-hydrogen) atoms. The predicted octanol–water partition coefficient (Wildman–Crippen LogP) is 1.44. The number of amides is 1. The van der Waals surface area contributed by atoms with E-state index in [0.717, 1.165) is 0 Å². The minimum atomic E-state index is -0.271. The van der Waals surface area contributed by atoms with Crippen LogP contribution in [0.2, 0.25) is 0 Å².